The van der Waals surface area contributed by atoms with Crippen LogP contribution in [0.3, 0.4) is 0 Å². The van der Waals surface area contributed by atoms with Gasteiger partial charge in [0.15, 0.2) is 0 Å². The van der Waals surface area contributed by atoms with Gasteiger partial charge in [-0.2, -0.15) is 0 Å². The number of hydrogen-bond acceptors (Lipinski definition) is 3. The minimum absolute atomic E-state index is 0.00603. The third-order valence-electron chi connectivity index (χ3n) is 2.62. The normalized spacial score (nSPS) is 14.6. The zero-order valence-electron chi connectivity index (χ0n) is 9.70. The molecule has 4 heteroatoms. The van der Waals surface area contributed by atoms with Gasteiger partial charge >= 0.3 is 0 Å². The summed E-state index contributed by atoms with van der Waals surface area (Å²) in [4.78, 5) is 0. The fraction of sp³-hybridized carbons (Fsp3) is 0.500. The molecule has 90 valence electrons. The number of alkyl halides is 1. The molecule has 0 aliphatic heterocycles. The summed E-state index contributed by atoms with van der Waals surface area (Å²) in [7, 11) is 1.60. The van der Waals surface area contributed by atoms with Gasteiger partial charge < -0.3 is 14.9 Å². The van der Waals surface area contributed by atoms with Crippen LogP contribution in [0.4, 0.5) is 0 Å². The molecular weight excluding hydrogens is 228 g/mol. The lowest BCUT2D eigenvalue weighted by Crippen LogP contribution is -2.21. The van der Waals surface area contributed by atoms with E-state index in [1.54, 1.807) is 7.11 Å². The molecule has 0 saturated carbocycles. The first-order chi connectivity index (χ1) is 7.51. The third kappa shape index (κ3) is 2.67. The summed E-state index contributed by atoms with van der Waals surface area (Å²) < 4.78 is 5.13. The van der Waals surface area contributed by atoms with Crippen molar-refractivity contribution in [2.24, 2.45) is 0 Å². The smallest absolute Gasteiger partial charge is 0.119 e. The zero-order chi connectivity index (χ0) is 12.3. The Bertz CT molecular complexity index is 342. The van der Waals surface area contributed by atoms with Crippen LogP contribution in [0.15, 0.2) is 12.1 Å². The van der Waals surface area contributed by atoms with Crippen molar-refractivity contribution in [1.29, 1.82) is 0 Å². The number of methoxy groups -OCH3 is 1. The van der Waals surface area contributed by atoms with E-state index in [1.165, 1.54) is 0 Å². The number of aliphatic hydroxyl groups is 2. The minimum atomic E-state index is -0.955. The Labute approximate surface area is 101 Å². The first kappa shape index (κ1) is 13.3. The summed E-state index contributed by atoms with van der Waals surface area (Å²) in [5.74, 6) is 0.748. The third-order valence-corrected chi connectivity index (χ3v) is 2.94. The first-order valence-electron chi connectivity index (χ1n) is 5.08. The SMILES string of the molecule is COc1cc(C)c(C(O)C(O)CCl)c(C)c1. The number of aliphatic hydroxyl groups excluding tert-OH is 2. The van der Waals surface area contributed by atoms with Gasteiger partial charge in [0.05, 0.1) is 19.1 Å². The summed E-state index contributed by atoms with van der Waals surface area (Å²) in [6, 6.07) is 3.65. The Morgan fingerprint density at radius 1 is 1.25 bits per heavy atom. The average molecular weight is 245 g/mol. The van der Waals surface area contributed by atoms with E-state index in [9.17, 15) is 10.2 Å². The molecular formula is C12H17ClO3. The van der Waals surface area contributed by atoms with Crippen molar-refractivity contribution in [3.8, 4) is 5.75 Å². The Morgan fingerprint density at radius 3 is 2.12 bits per heavy atom. The maximum absolute atomic E-state index is 9.94. The molecule has 0 heterocycles. The Hall–Kier alpha value is -0.770. The van der Waals surface area contributed by atoms with Crippen LogP contribution in [0.25, 0.3) is 0 Å². The maximum Gasteiger partial charge on any atom is 0.119 e. The summed E-state index contributed by atoms with van der Waals surface area (Å²) in [5.41, 5.74) is 2.48. The van der Waals surface area contributed by atoms with Gasteiger partial charge in [-0.3, -0.25) is 0 Å². The predicted octanol–water partition coefficient (Wildman–Crippen LogP) is 1.95. The molecule has 2 unspecified atom stereocenters. The van der Waals surface area contributed by atoms with Gasteiger partial charge in [-0.05, 0) is 42.7 Å². The number of rotatable bonds is 4. The highest BCUT2D eigenvalue weighted by molar-refractivity contribution is 6.18. The molecule has 0 aliphatic rings. The van der Waals surface area contributed by atoms with Crippen LogP contribution in [0, 0.1) is 13.8 Å². The monoisotopic (exact) mass is 244 g/mol. The van der Waals surface area contributed by atoms with Gasteiger partial charge in [-0.15, -0.1) is 11.6 Å². The van der Waals surface area contributed by atoms with Gasteiger partial charge in [0, 0.05) is 0 Å². The molecule has 0 saturated heterocycles. The average Bonchev–Trinajstić information content (AvgIpc) is 2.26. The lowest BCUT2D eigenvalue weighted by atomic mass is 9.95. The van der Waals surface area contributed by atoms with Crippen molar-refractivity contribution >= 4 is 11.6 Å². The second-order valence-electron chi connectivity index (χ2n) is 3.84. The van der Waals surface area contributed by atoms with Gasteiger partial charge in [-0.1, -0.05) is 0 Å². The van der Waals surface area contributed by atoms with E-state index < -0.39 is 12.2 Å². The van der Waals surface area contributed by atoms with Crippen molar-refractivity contribution in [2.45, 2.75) is 26.1 Å². The standard InChI is InChI=1S/C12H17ClO3/c1-7-4-9(16-3)5-8(2)11(7)12(15)10(14)6-13/h4-5,10,12,14-15H,6H2,1-3H3. The van der Waals surface area contributed by atoms with E-state index in [0.29, 0.717) is 5.56 Å². The first-order valence-corrected chi connectivity index (χ1v) is 5.62. The molecule has 1 aromatic carbocycles. The molecule has 0 aromatic heterocycles. The van der Waals surface area contributed by atoms with Crippen molar-refractivity contribution in [3.63, 3.8) is 0 Å². The quantitative estimate of drug-likeness (QED) is 0.796. The van der Waals surface area contributed by atoms with Gasteiger partial charge in [0.1, 0.15) is 11.9 Å². The van der Waals surface area contributed by atoms with E-state index in [0.717, 1.165) is 16.9 Å². The van der Waals surface area contributed by atoms with Crippen LogP contribution in [0.5, 0.6) is 5.75 Å². The number of halogens is 1. The molecule has 0 spiro atoms. The van der Waals surface area contributed by atoms with Crippen LogP contribution < -0.4 is 4.74 Å². The molecule has 1 rings (SSSR count). The molecule has 0 amide bonds. The predicted molar refractivity (Wildman–Crippen MR) is 64.2 cm³/mol. The van der Waals surface area contributed by atoms with Crippen LogP contribution >= 0.6 is 11.6 Å². The van der Waals surface area contributed by atoms with Crippen LogP contribution in [0.1, 0.15) is 22.8 Å². The van der Waals surface area contributed by atoms with E-state index in [1.807, 2.05) is 26.0 Å². The van der Waals surface area contributed by atoms with E-state index >= 15 is 0 Å². The fourth-order valence-electron chi connectivity index (χ4n) is 1.80. The largest absolute Gasteiger partial charge is 0.497 e. The topological polar surface area (TPSA) is 49.7 Å². The highest BCUT2D eigenvalue weighted by Crippen LogP contribution is 2.28. The van der Waals surface area contributed by atoms with Crippen molar-refractivity contribution in [1.82, 2.24) is 0 Å². The second kappa shape index (κ2) is 5.53. The fourth-order valence-corrected chi connectivity index (χ4v) is 1.96. The van der Waals surface area contributed by atoms with Crippen LogP contribution in [0.2, 0.25) is 0 Å². The van der Waals surface area contributed by atoms with E-state index in [4.69, 9.17) is 16.3 Å². The molecule has 0 aliphatic carbocycles. The molecule has 3 nitrogen and oxygen atoms in total. The van der Waals surface area contributed by atoms with Crippen molar-refractivity contribution in [2.75, 3.05) is 13.0 Å². The molecule has 0 radical (unpaired) electrons. The Morgan fingerprint density at radius 2 is 1.75 bits per heavy atom. The van der Waals surface area contributed by atoms with Gasteiger partial charge in [0.25, 0.3) is 0 Å². The Balaban J connectivity index is 3.14. The van der Waals surface area contributed by atoms with E-state index in [-0.39, 0.29) is 5.88 Å². The summed E-state index contributed by atoms with van der Waals surface area (Å²) in [6.45, 7) is 3.74. The second-order valence-corrected chi connectivity index (χ2v) is 4.15. The van der Waals surface area contributed by atoms with Crippen molar-refractivity contribution < 1.29 is 14.9 Å². The van der Waals surface area contributed by atoms with Crippen LogP contribution in [-0.4, -0.2) is 29.3 Å². The van der Waals surface area contributed by atoms with Gasteiger partial charge in [-0.25, -0.2) is 0 Å². The number of benzene rings is 1. The molecule has 1 aromatic rings. The van der Waals surface area contributed by atoms with Crippen LogP contribution in [-0.2, 0) is 0 Å². The summed E-state index contributed by atoms with van der Waals surface area (Å²) in [5, 5.41) is 19.5. The molecule has 0 bridgehead atoms. The number of ether oxygens (including phenoxy) is 1. The highest BCUT2D eigenvalue weighted by atomic mass is 35.5. The summed E-state index contributed by atoms with van der Waals surface area (Å²) in [6.07, 6.45) is -1.91. The number of aryl methyl sites for hydroxylation is 2. The Kier molecular flexibility index (Phi) is 4.59. The molecule has 2 N–H and O–H groups in total. The zero-order valence-corrected chi connectivity index (χ0v) is 10.5. The summed E-state index contributed by atoms with van der Waals surface area (Å²) >= 11 is 5.53. The lowest BCUT2D eigenvalue weighted by molar-refractivity contribution is 0.0319. The highest BCUT2D eigenvalue weighted by Gasteiger charge is 2.21. The minimum Gasteiger partial charge on any atom is -0.497 e. The van der Waals surface area contributed by atoms with Gasteiger partial charge in [0.2, 0.25) is 0 Å². The molecule has 16 heavy (non-hydrogen) atoms. The maximum atomic E-state index is 9.94. The lowest BCUT2D eigenvalue weighted by Gasteiger charge is -2.20. The number of hydrogen-bond donors (Lipinski definition) is 2. The molecule has 2 atom stereocenters. The van der Waals surface area contributed by atoms with E-state index in [2.05, 4.69) is 0 Å². The molecule has 0 fully saturated rings. The van der Waals surface area contributed by atoms with Crippen molar-refractivity contribution in [3.05, 3.63) is 28.8 Å².